The second-order valence-corrected chi connectivity index (χ2v) is 4.47. The van der Waals surface area contributed by atoms with Crippen molar-refractivity contribution in [1.82, 2.24) is 5.32 Å². The zero-order valence-corrected chi connectivity index (χ0v) is 11.0. The lowest BCUT2D eigenvalue weighted by molar-refractivity contribution is 0.0934. The van der Waals surface area contributed by atoms with Crippen molar-refractivity contribution in [2.45, 2.75) is 13.0 Å². The number of nitrogens with one attached hydrogen (secondary N) is 1. The molecule has 1 amide bonds. The smallest absolute Gasteiger partial charge is 0.254 e. The fourth-order valence-electron chi connectivity index (χ4n) is 1.81. The minimum absolute atomic E-state index is 0.427. The van der Waals surface area contributed by atoms with Gasteiger partial charge in [0.25, 0.3) is 5.91 Å². The van der Waals surface area contributed by atoms with E-state index in [2.05, 4.69) is 5.32 Å². The molecule has 0 fully saturated rings. The van der Waals surface area contributed by atoms with Gasteiger partial charge in [-0.3, -0.25) is 4.79 Å². The van der Waals surface area contributed by atoms with Crippen LogP contribution in [-0.2, 0) is 0 Å². The maximum Gasteiger partial charge on any atom is 0.254 e. The number of rotatable bonds is 3. The number of halogens is 4. The minimum atomic E-state index is -1.70. The van der Waals surface area contributed by atoms with E-state index < -0.39 is 40.8 Å². The summed E-state index contributed by atoms with van der Waals surface area (Å²) >= 11 is 0. The Kier molecular flexibility index (Phi) is 4.26. The summed E-state index contributed by atoms with van der Waals surface area (Å²) in [5.41, 5.74) is -0.00407. The molecule has 2 rings (SSSR count). The van der Waals surface area contributed by atoms with E-state index in [-0.39, 0.29) is 0 Å². The lowest BCUT2D eigenvalue weighted by atomic mass is 10.1. The molecular formula is C15H11F4NO. The van der Waals surface area contributed by atoms with Crippen LogP contribution in [0.2, 0.25) is 0 Å². The van der Waals surface area contributed by atoms with Crippen molar-refractivity contribution in [3.05, 3.63) is 70.8 Å². The number of hydrogen-bond donors (Lipinski definition) is 1. The molecule has 0 spiro atoms. The van der Waals surface area contributed by atoms with Crippen molar-refractivity contribution in [2.24, 2.45) is 0 Å². The van der Waals surface area contributed by atoms with Gasteiger partial charge in [-0.15, -0.1) is 0 Å². The van der Waals surface area contributed by atoms with Crippen LogP contribution in [0.1, 0.15) is 28.9 Å². The molecule has 2 nitrogen and oxygen atoms in total. The normalized spacial score (nSPS) is 12.0. The Bertz CT molecular complexity index is 670. The van der Waals surface area contributed by atoms with E-state index in [0.717, 1.165) is 6.07 Å². The molecule has 6 heteroatoms. The molecule has 110 valence electrons. The van der Waals surface area contributed by atoms with Gasteiger partial charge in [-0.05, 0) is 36.8 Å². The summed E-state index contributed by atoms with van der Waals surface area (Å²) in [6, 6.07) is 6.34. The van der Waals surface area contributed by atoms with Gasteiger partial charge >= 0.3 is 0 Å². The van der Waals surface area contributed by atoms with Crippen molar-refractivity contribution in [2.75, 3.05) is 0 Å². The van der Waals surface area contributed by atoms with Crippen LogP contribution < -0.4 is 5.32 Å². The first-order chi connectivity index (χ1) is 9.90. The first-order valence-electron chi connectivity index (χ1n) is 6.10. The van der Waals surface area contributed by atoms with E-state index in [1.54, 1.807) is 6.92 Å². The third-order valence-corrected chi connectivity index (χ3v) is 3.00. The summed E-state index contributed by atoms with van der Waals surface area (Å²) in [5, 5.41) is 2.43. The van der Waals surface area contributed by atoms with Crippen LogP contribution in [0.5, 0.6) is 0 Å². The van der Waals surface area contributed by atoms with Gasteiger partial charge in [0.2, 0.25) is 0 Å². The Morgan fingerprint density at radius 2 is 1.57 bits per heavy atom. The largest absolute Gasteiger partial charge is 0.345 e. The fourth-order valence-corrected chi connectivity index (χ4v) is 1.81. The number of carbonyl (C=O) groups excluding carboxylic acids is 1. The highest BCUT2D eigenvalue weighted by Gasteiger charge is 2.20. The summed E-state index contributed by atoms with van der Waals surface area (Å²) in [5.74, 6) is -5.92. The highest BCUT2D eigenvalue weighted by atomic mass is 19.2. The second kappa shape index (κ2) is 5.95. The number of carbonyl (C=O) groups is 1. The third-order valence-electron chi connectivity index (χ3n) is 3.00. The summed E-state index contributed by atoms with van der Waals surface area (Å²) < 4.78 is 52.2. The van der Waals surface area contributed by atoms with Crippen molar-refractivity contribution in [3.8, 4) is 0 Å². The molecule has 0 saturated carbocycles. The molecule has 21 heavy (non-hydrogen) atoms. The average molecular weight is 297 g/mol. The SMILES string of the molecule is C[C@H](NC(=O)c1ccc(F)c(F)c1F)c1ccc(F)cc1. The Morgan fingerprint density at radius 3 is 2.19 bits per heavy atom. The van der Waals surface area contributed by atoms with Gasteiger partial charge in [-0.1, -0.05) is 12.1 Å². The van der Waals surface area contributed by atoms with Gasteiger partial charge in [0, 0.05) is 0 Å². The van der Waals surface area contributed by atoms with Crippen LogP contribution in [0.3, 0.4) is 0 Å². The monoisotopic (exact) mass is 297 g/mol. The lowest BCUT2D eigenvalue weighted by Crippen LogP contribution is -2.27. The second-order valence-electron chi connectivity index (χ2n) is 4.47. The Balaban J connectivity index is 2.18. The van der Waals surface area contributed by atoms with Gasteiger partial charge in [0.15, 0.2) is 17.5 Å². The summed E-state index contributed by atoms with van der Waals surface area (Å²) in [4.78, 5) is 11.9. The molecule has 0 aliphatic rings. The third kappa shape index (κ3) is 3.21. The van der Waals surface area contributed by atoms with Crippen molar-refractivity contribution in [3.63, 3.8) is 0 Å². The summed E-state index contributed by atoms with van der Waals surface area (Å²) in [6.07, 6.45) is 0. The van der Waals surface area contributed by atoms with Crippen molar-refractivity contribution >= 4 is 5.91 Å². The van der Waals surface area contributed by atoms with Crippen LogP contribution in [0.4, 0.5) is 17.6 Å². The number of hydrogen-bond acceptors (Lipinski definition) is 1. The molecule has 2 aromatic rings. The van der Waals surface area contributed by atoms with Gasteiger partial charge in [0.05, 0.1) is 11.6 Å². The molecule has 0 saturated heterocycles. The van der Waals surface area contributed by atoms with Crippen molar-refractivity contribution in [1.29, 1.82) is 0 Å². The van der Waals surface area contributed by atoms with E-state index >= 15 is 0 Å². The summed E-state index contributed by atoms with van der Waals surface area (Å²) in [7, 11) is 0. The van der Waals surface area contributed by atoms with Gasteiger partial charge in [-0.25, -0.2) is 17.6 Å². The average Bonchev–Trinajstić information content (AvgIpc) is 2.45. The zero-order valence-electron chi connectivity index (χ0n) is 11.0. The first kappa shape index (κ1) is 15.0. The maximum atomic E-state index is 13.5. The predicted octanol–water partition coefficient (Wildman–Crippen LogP) is 3.73. The van der Waals surface area contributed by atoms with Crippen LogP contribution in [-0.4, -0.2) is 5.91 Å². The fraction of sp³-hybridized carbons (Fsp3) is 0.133. The molecule has 0 aromatic heterocycles. The topological polar surface area (TPSA) is 29.1 Å². The quantitative estimate of drug-likeness (QED) is 0.678. The molecule has 1 atom stereocenters. The minimum Gasteiger partial charge on any atom is -0.345 e. The Morgan fingerprint density at radius 1 is 0.952 bits per heavy atom. The number of amides is 1. The molecule has 0 unspecified atom stereocenters. The maximum absolute atomic E-state index is 13.5. The Hall–Kier alpha value is -2.37. The zero-order chi connectivity index (χ0) is 15.6. The van der Waals surface area contributed by atoms with Gasteiger partial charge in [-0.2, -0.15) is 0 Å². The van der Waals surface area contributed by atoms with E-state index in [4.69, 9.17) is 0 Å². The standard InChI is InChI=1S/C15H11F4NO/c1-8(9-2-4-10(16)5-3-9)20-15(21)11-6-7-12(17)14(19)13(11)18/h2-8H,1H3,(H,20,21)/t8-/m0/s1. The van der Waals surface area contributed by atoms with E-state index in [0.29, 0.717) is 11.6 Å². The van der Waals surface area contributed by atoms with E-state index in [1.807, 2.05) is 0 Å². The first-order valence-corrected chi connectivity index (χ1v) is 6.10. The molecular weight excluding hydrogens is 286 g/mol. The van der Waals surface area contributed by atoms with E-state index in [9.17, 15) is 22.4 Å². The molecule has 0 heterocycles. The molecule has 0 aliphatic heterocycles. The number of benzene rings is 2. The van der Waals surface area contributed by atoms with Crippen LogP contribution >= 0.6 is 0 Å². The van der Waals surface area contributed by atoms with Gasteiger partial charge < -0.3 is 5.32 Å². The molecule has 1 N–H and O–H groups in total. The Labute approximate surface area is 118 Å². The van der Waals surface area contributed by atoms with E-state index in [1.165, 1.54) is 24.3 Å². The lowest BCUT2D eigenvalue weighted by Gasteiger charge is -2.15. The summed E-state index contributed by atoms with van der Waals surface area (Å²) in [6.45, 7) is 1.60. The van der Waals surface area contributed by atoms with Crippen LogP contribution in [0.25, 0.3) is 0 Å². The molecule has 0 aliphatic carbocycles. The molecule has 2 aromatic carbocycles. The highest BCUT2D eigenvalue weighted by molar-refractivity contribution is 5.94. The molecule has 0 bridgehead atoms. The van der Waals surface area contributed by atoms with Gasteiger partial charge in [0.1, 0.15) is 5.82 Å². The van der Waals surface area contributed by atoms with Crippen LogP contribution in [0.15, 0.2) is 36.4 Å². The van der Waals surface area contributed by atoms with Crippen molar-refractivity contribution < 1.29 is 22.4 Å². The predicted molar refractivity (Wildman–Crippen MR) is 68.6 cm³/mol. The highest BCUT2D eigenvalue weighted by Crippen LogP contribution is 2.17. The molecule has 0 radical (unpaired) electrons. The van der Waals surface area contributed by atoms with Crippen LogP contribution in [0, 0.1) is 23.3 Å².